The van der Waals surface area contributed by atoms with Crippen molar-refractivity contribution in [2.45, 2.75) is 39.7 Å². The Kier molecular flexibility index (Phi) is 8.26. The molecule has 150 valence electrons. The summed E-state index contributed by atoms with van der Waals surface area (Å²) in [5.74, 6) is 0.0546. The average Bonchev–Trinajstić information content (AvgIpc) is 2.66. The third kappa shape index (κ3) is 7.19. The molecule has 1 aromatic carbocycles. The molecule has 0 unspecified atom stereocenters. The Labute approximate surface area is 168 Å². The van der Waals surface area contributed by atoms with Crippen LogP contribution in [0.1, 0.15) is 49.2 Å². The number of H-pyrrole nitrogens is 1. The molecule has 0 spiro atoms. The number of benzene rings is 1. The van der Waals surface area contributed by atoms with Crippen molar-refractivity contribution in [2.24, 2.45) is 5.92 Å². The lowest BCUT2D eigenvalue weighted by Gasteiger charge is -2.09. The third-order valence-electron chi connectivity index (χ3n) is 4.00. The van der Waals surface area contributed by atoms with Gasteiger partial charge in [-0.1, -0.05) is 25.4 Å². The number of rotatable bonds is 10. The molecule has 0 radical (unpaired) electrons. The number of hydrogen-bond donors (Lipinski definition) is 1. The maximum atomic E-state index is 12.0. The van der Waals surface area contributed by atoms with Gasteiger partial charge >= 0.3 is 5.97 Å². The minimum absolute atomic E-state index is 0.0396. The molecular formula is C21H24ClNO5. The van der Waals surface area contributed by atoms with Crippen LogP contribution in [0.4, 0.5) is 0 Å². The van der Waals surface area contributed by atoms with E-state index in [9.17, 15) is 14.4 Å². The van der Waals surface area contributed by atoms with Crippen LogP contribution >= 0.6 is 11.6 Å². The van der Waals surface area contributed by atoms with Gasteiger partial charge in [-0.15, -0.1) is 0 Å². The molecule has 0 amide bonds. The standard InChI is InChI=1S/C21H24ClNO5/c1-14(2)9-10-27-20-12-23-17(11-19(20)25)13-28-21(26)8-7-18(24)15-3-5-16(22)6-4-15/h3-6,11-12,14H,7-10,13H2,1-2H3,(H,23,25). The normalized spacial score (nSPS) is 10.7. The van der Waals surface area contributed by atoms with Crippen molar-refractivity contribution in [2.75, 3.05) is 6.61 Å². The van der Waals surface area contributed by atoms with E-state index in [1.165, 1.54) is 12.3 Å². The first kappa shape index (κ1) is 21.7. The Morgan fingerprint density at radius 1 is 1.14 bits per heavy atom. The van der Waals surface area contributed by atoms with Crippen LogP contribution in [-0.4, -0.2) is 23.3 Å². The second-order valence-electron chi connectivity index (χ2n) is 6.81. The molecule has 0 saturated carbocycles. The fraction of sp³-hybridized carbons (Fsp3) is 0.381. The van der Waals surface area contributed by atoms with Gasteiger partial charge in [0.1, 0.15) is 6.61 Å². The highest BCUT2D eigenvalue weighted by molar-refractivity contribution is 6.30. The van der Waals surface area contributed by atoms with Crippen molar-refractivity contribution in [1.29, 1.82) is 0 Å². The summed E-state index contributed by atoms with van der Waals surface area (Å²) in [6.07, 6.45) is 2.32. The van der Waals surface area contributed by atoms with E-state index in [1.54, 1.807) is 24.3 Å². The van der Waals surface area contributed by atoms with E-state index >= 15 is 0 Å². The molecule has 1 N–H and O–H groups in total. The third-order valence-corrected chi connectivity index (χ3v) is 4.25. The molecule has 0 aliphatic carbocycles. The zero-order valence-electron chi connectivity index (χ0n) is 16.0. The summed E-state index contributed by atoms with van der Waals surface area (Å²) in [7, 11) is 0. The van der Waals surface area contributed by atoms with Gasteiger partial charge in [0.25, 0.3) is 0 Å². The highest BCUT2D eigenvalue weighted by atomic mass is 35.5. The summed E-state index contributed by atoms with van der Waals surface area (Å²) in [5.41, 5.74) is 0.680. The molecule has 2 aromatic rings. The number of carbonyl (C=O) groups is 2. The Morgan fingerprint density at radius 2 is 1.86 bits per heavy atom. The van der Waals surface area contributed by atoms with Gasteiger partial charge in [-0.25, -0.2) is 0 Å². The van der Waals surface area contributed by atoms with Gasteiger partial charge in [-0.2, -0.15) is 0 Å². The number of hydrogen-bond acceptors (Lipinski definition) is 5. The van der Waals surface area contributed by atoms with Gasteiger partial charge in [0.15, 0.2) is 11.5 Å². The zero-order valence-corrected chi connectivity index (χ0v) is 16.8. The quantitative estimate of drug-likeness (QED) is 0.473. The van der Waals surface area contributed by atoms with E-state index in [-0.39, 0.29) is 36.4 Å². The lowest BCUT2D eigenvalue weighted by molar-refractivity contribution is -0.145. The summed E-state index contributed by atoms with van der Waals surface area (Å²) in [4.78, 5) is 38.8. The Balaban J connectivity index is 1.77. The molecule has 0 fully saturated rings. The number of halogens is 1. The molecular weight excluding hydrogens is 382 g/mol. The first-order chi connectivity index (χ1) is 13.3. The second kappa shape index (κ2) is 10.7. The van der Waals surface area contributed by atoms with Crippen molar-refractivity contribution in [3.63, 3.8) is 0 Å². The van der Waals surface area contributed by atoms with Gasteiger partial charge in [-0.3, -0.25) is 14.4 Å². The van der Waals surface area contributed by atoms with Crippen LogP contribution in [0.15, 0.2) is 41.3 Å². The number of ketones is 1. The van der Waals surface area contributed by atoms with Crippen LogP contribution in [0.5, 0.6) is 5.75 Å². The number of aromatic nitrogens is 1. The van der Waals surface area contributed by atoms with Crippen LogP contribution in [-0.2, 0) is 16.1 Å². The van der Waals surface area contributed by atoms with Crippen molar-refractivity contribution >= 4 is 23.4 Å². The molecule has 7 heteroatoms. The lowest BCUT2D eigenvalue weighted by Crippen LogP contribution is -2.13. The van der Waals surface area contributed by atoms with E-state index < -0.39 is 5.97 Å². The number of nitrogens with one attached hydrogen (secondary N) is 1. The molecule has 0 bridgehead atoms. The highest BCUT2D eigenvalue weighted by Gasteiger charge is 2.11. The van der Waals surface area contributed by atoms with E-state index in [0.29, 0.717) is 28.8 Å². The number of aromatic amines is 1. The molecule has 1 heterocycles. The van der Waals surface area contributed by atoms with Crippen molar-refractivity contribution in [1.82, 2.24) is 4.98 Å². The summed E-state index contributed by atoms with van der Waals surface area (Å²) >= 11 is 5.78. The monoisotopic (exact) mass is 405 g/mol. The van der Waals surface area contributed by atoms with Crippen LogP contribution in [0.3, 0.4) is 0 Å². The maximum absolute atomic E-state index is 12.0. The molecule has 2 rings (SSSR count). The Hall–Kier alpha value is -2.60. The first-order valence-electron chi connectivity index (χ1n) is 9.14. The molecule has 28 heavy (non-hydrogen) atoms. The molecule has 0 atom stereocenters. The van der Waals surface area contributed by atoms with E-state index in [4.69, 9.17) is 21.1 Å². The van der Waals surface area contributed by atoms with Crippen molar-refractivity contribution < 1.29 is 19.1 Å². The number of ether oxygens (including phenoxy) is 2. The Morgan fingerprint density at radius 3 is 2.50 bits per heavy atom. The largest absolute Gasteiger partial charge is 0.488 e. The molecule has 0 aliphatic rings. The number of Topliss-reactive ketones (excluding diaryl/α,β-unsaturated/α-hetero) is 1. The fourth-order valence-corrected chi connectivity index (χ4v) is 2.45. The second-order valence-corrected chi connectivity index (χ2v) is 7.24. The van der Waals surface area contributed by atoms with E-state index in [0.717, 1.165) is 6.42 Å². The maximum Gasteiger partial charge on any atom is 0.306 e. The van der Waals surface area contributed by atoms with Crippen molar-refractivity contribution in [3.8, 4) is 5.75 Å². The summed E-state index contributed by atoms with van der Waals surface area (Å²) < 4.78 is 10.6. The van der Waals surface area contributed by atoms with E-state index in [1.807, 2.05) is 0 Å². The Bertz CT molecular complexity index is 858. The minimum Gasteiger partial charge on any atom is -0.488 e. The number of esters is 1. The molecule has 0 saturated heterocycles. The SMILES string of the molecule is CC(C)CCOc1c[nH]c(COC(=O)CCC(=O)c2ccc(Cl)cc2)cc1=O. The van der Waals surface area contributed by atoms with Gasteiger partial charge < -0.3 is 14.5 Å². The first-order valence-corrected chi connectivity index (χ1v) is 9.51. The molecule has 6 nitrogen and oxygen atoms in total. The van der Waals surface area contributed by atoms with Crippen LogP contribution in [0, 0.1) is 5.92 Å². The predicted octanol–water partition coefficient (Wildman–Crippen LogP) is 4.16. The van der Waals surface area contributed by atoms with Crippen LogP contribution < -0.4 is 10.2 Å². The summed E-state index contributed by atoms with van der Waals surface area (Å²) in [6, 6.07) is 7.83. The minimum atomic E-state index is -0.513. The summed E-state index contributed by atoms with van der Waals surface area (Å²) in [5, 5.41) is 0.543. The van der Waals surface area contributed by atoms with Crippen LogP contribution in [0.25, 0.3) is 0 Å². The van der Waals surface area contributed by atoms with Crippen LogP contribution in [0.2, 0.25) is 5.02 Å². The topological polar surface area (TPSA) is 85.5 Å². The van der Waals surface area contributed by atoms with Crippen molar-refractivity contribution in [3.05, 3.63) is 63.0 Å². The molecule has 0 aliphatic heterocycles. The zero-order chi connectivity index (χ0) is 20.5. The van der Waals surface area contributed by atoms with Gasteiger partial charge in [0, 0.05) is 29.3 Å². The summed E-state index contributed by atoms with van der Waals surface area (Å²) in [6.45, 7) is 4.55. The number of pyridine rings is 1. The van der Waals surface area contributed by atoms with Gasteiger partial charge in [-0.05, 0) is 36.6 Å². The van der Waals surface area contributed by atoms with Gasteiger partial charge in [0.05, 0.1) is 18.7 Å². The highest BCUT2D eigenvalue weighted by Crippen LogP contribution is 2.12. The molecule has 1 aromatic heterocycles. The number of carbonyl (C=O) groups excluding carboxylic acids is 2. The smallest absolute Gasteiger partial charge is 0.306 e. The van der Waals surface area contributed by atoms with E-state index in [2.05, 4.69) is 18.8 Å². The fourth-order valence-electron chi connectivity index (χ4n) is 2.33. The average molecular weight is 406 g/mol. The lowest BCUT2D eigenvalue weighted by atomic mass is 10.1. The van der Waals surface area contributed by atoms with Gasteiger partial charge in [0.2, 0.25) is 5.43 Å². The predicted molar refractivity (Wildman–Crippen MR) is 107 cm³/mol.